The maximum absolute atomic E-state index is 12.4. The van der Waals surface area contributed by atoms with E-state index in [1.807, 2.05) is 0 Å². The van der Waals surface area contributed by atoms with E-state index in [9.17, 15) is 22.8 Å². The van der Waals surface area contributed by atoms with Gasteiger partial charge in [0, 0.05) is 12.0 Å². The largest absolute Gasteiger partial charge is 0.573 e. The molecule has 0 aromatic heterocycles. The average Bonchev–Trinajstić information content (AvgIpc) is 2.43. The topological polar surface area (TPSA) is 75.6 Å². The second-order valence-electron chi connectivity index (χ2n) is 6.35. The number of carboxylic acid groups (broad SMARTS) is 1. The van der Waals surface area contributed by atoms with Crippen molar-refractivity contribution in [2.45, 2.75) is 51.9 Å². The lowest BCUT2D eigenvalue weighted by Gasteiger charge is -2.33. The van der Waals surface area contributed by atoms with Crippen LogP contribution in [0.4, 0.5) is 13.2 Å². The molecule has 1 rings (SSSR count). The lowest BCUT2D eigenvalue weighted by atomic mass is 9.85. The number of para-hydroxylation sites is 1. The zero-order chi connectivity index (χ0) is 19.3. The van der Waals surface area contributed by atoms with E-state index in [0.717, 1.165) is 0 Å². The van der Waals surface area contributed by atoms with Crippen molar-refractivity contribution >= 4 is 11.9 Å². The van der Waals surface area contributed by atoms with Crippen LogP contribution in [0.5, 0.6) is 5.75 Å². The Balaban J connectivity index is 2.75. The van der Waals surface area contributed by atoms with Crippen LogP contribution in [0.15, 0.2) is 24.3 Å². The Bertz CT molecular complexity index is 616. The predicted octanol–water partition coefficient (Wildman–Crippen LogP) is 3.52. The first kappa shape index (κ1) is 20.8. The number of benzene rings is 1. The second kappa shape index (κ2) is 8.22. The molecule has 1 aromatic rings. The van der Waals surface area contributed by atoms with Crippen molar-refractivity contribution in [2.24, 2.45) is 5.92 Å². The van der Waals surface area contributed by atoms with Crippen LogP contribution < -0.4 is 10.1 Å². The lowest BCUT2D eigenvalue weighted by molar-refractivity contribution is -0.274. The van der Waals surface area contributed by atoms with E-state index in [-0.39, 0.29) is 36.5 Å². The van der Waals surface area contributed by atoms with Gasteiger partial charge in [-0.25, -0.2) is 0 Å². The number of carbonyl (C=O) groups is 2. The Hall–Kier alpha value is -2.25. The second-order valence-corrected chi connectivity index (χ2v) is 6.35. The maximum Gasteiger partial charge on any atom is 0.573 e. The Kier molecular flexibility index (Phi) is 6.84. The number of alkyl halides is 3. The van der Waals surface area contributed by atoms with Gasteiger partial charge in [0.15, 0.2) is 0 Å². The molecule has 0 radical (unpaired) electrons. The first-order chi connectivity index (χ1) is 11.4. The van der Waals surface area contributed by atoms with E-state index >= 15 is 0 Å². The minimum atomic E-state index is -4.81. The van der Waals surface area contributed by atoms with Gasteiger partial charge >= 0.3 is 12.3 Å². The molecular weight excluding hydrogens is 339 g/mol. The van der Waals surface area contributed by atoms with Crippen LogP contribution in [-0.4, -0.2) is 28.9 Å². The number of aliphatic carboxylic acids is 1. The fourth-order valence-electron chi connectivity index (χ4n) is 2.27. The smallest absolute Gasteiger partial charge is 0.481 e. The van der Waals surface area contributed by atoms with Gasteiger partial charge in [0.1, 0.15) is 5.75 Å². The molecule has 0 aliphatic rings. The first-order valence-electron chi connectivity index (χ1n) is 7.79. The highest BCUT2D eigenvalue weighted by Crippen LogP contribution is 2.27. The van der Waals surface area contributed by atoms with Gasteiger partial charge in [-0.3, -0.25) is 9.59 Å². The molecule has 0 saturated heterocycles. The van der Waals surface area contributed by atoms with Crippen LogP contribution in [0.1, 0.15) is 39.2 Å². The van der Waals surface area contributed by atoms with Crippen molar-refractivity contribution in [1.82, 2.24) is 5.32 Å². The predicted molar refractivity (Wildman–Crippen MR) is 85.1 cm³/mol. The number of ether oxygens (including phenoxy) is 1. The van der Waals surface area contributed by atoms with Crippen molar-refractivity contribution in [3.63, 3.8) is 0 Å². The first-order valence-corrected chi connectivity index (χ1v) is 7.79. The quantitative estimate of drug-likeness (QED) is 0.743. The number of hydrogen-bond acceptors (Lipinski definition) is 3. The minimum absolute atomic E-state index is 0.0410. The Labute approximate surface area is 144 Å². The van der Waals surface area contributed by atoms with E-state index in [2.05, 4.69) is 10.1 Å². The molecule has 5 nitrogen and oxygen atoms in total. The molecule has 0 saturated carbocycles. The normalized spacial score (nSPS) is 14.0. The highest BCUT2D eigenvalue weighted by atomic mass is 19.4. The van der Waals surface area contributed by atoms with Gasteiger partial charge in [0.05, 0.1) is 6.42 Å². The summed E-state index contributed by atoms with van der Waals surface area (Å²) in [4.78, 5) is 23.1. The summed E-state index contributed by atoms with van der Waals surface area (Å²) < 4.78 is 41.1. The van der Waals surface area contributed by atoms with Crippen LogP contribution in [-0.2, 0) is 16.0 Å². The van der Waals surface area contributed by atoms with E-state index < -0.39 is 23.8 Å². The van der Waals surface area contributed by atoms with E-state index in [4.69, 9.17) is 5.11 Å². The summed E-state index contributed by atoms with van der Waals surface area (Å²) in [6.45, 7) is 5.20. The lowest BCUT2D eigenvalue weighted by Crippen LogP contribution is -2.51. The molecular formula is C17H22F3NO4. The molecule has 0 heterocycles. The molecule has 1 unspecified atom stereocenters. The zero-order valence-corrected chi connectivity index (χ0v) is 14.3. The molecule has 0 spiro atoms. The van der Waals surface area contributed by atoms with Gasteiger partial charge in [-0.1, -0.05) is 32.0 Å². The summed E-state index contributed by atoms with van der Waals surface area (Å²) in [5.41, 5.74) is -0.690. The molecule has 2 N–H and O–H groups in total. The summed E-state index contributed by atoms with van der Waals surface area (Å²) in [6, 6.07) is 5.60. The maximum atomic E-state index is 12.4. The van der Waals surface area contributed by atoms with E-state index in [1.165, 1.54) is 18.2 Å². The molecule has 1 amide bonds. The number of amides is 1. The molecule has 8 heteroatoms. The number of carbonyl (C=O) groups excluding carboxylic acids is 1. The average molecular weight is 361 g/mol. The molecule has 1 aromatic carbocycles. The van der Waals surface area contributed by atoms with Crippen molar-refractivity contribution in [1.29, 1.82) is 0 Å². The SMILES string of the molecule is CC(C)C(C)(CC(=O)O)NC(=O)CCc1ccccc1OC(F)(F)F. The number of carboxylic acids is 1. The van der Waals surface area contributed by atoms with Crippen LogP contribution in [0.2, 0.25) is 0 Å². The molecule has 0 aliphatic carbocycles. The Morgan fingerprint density at radius 2 is 1.84 bits per heavy atom. The van der Waals surface area contributed by atoms with Crippen molar-refractivity contribution < 1.29 is 32.6 Å². The number of rotatable bonds is 8. The summed E-state index contributed by atoms with van der Waals surface area (Å²) >= 11 is 0. The molecule has 0 bridgehead atoms. The molecule has 0 fully saturated rings. The Morgan fingerprint density at radius 3 is 2.36 bits per heavy atom. The number of halogens is 3. The van der Waals surface area contributed by atoms with Crippen molar-refractivity contribution in [2.75, 3.05) is 0 Å². The minimum Gasteiger partial charge on any atom is -0.481 e. The van der Waals surface area contributed by atoms with Crippen molar-refractivity contribution in [3.8, 4) is 5.75 Å². The highest BCUT2D eigenvalue weighted by Gasteiger charge is 2.33. The zero-order valence-electron chi connectivity index (χ0n) is 14.3. The third-order valence-electron chi connectivity index (χ3n) is 4.04. The van der Waals surface area contributed by atoms with Crippen molar-refractivity contribution in [3.05, 3.63) is 29.8 Å². The number of aryl methyl sites for hydroxylation is 1. The highest BCUT2D eigenvalue weighted by molar-refractivity contribution is 5.78. The number of hydrogen-bond donors (Lipinski definition) is 2. The molecule has 140 valence electrons. The summed E-state index contributed by atoms with van der Waals surface area (Å²) in [7, 11) is 0. The third kappa shape index (κ3) is 7.03. The van der Waals surface area contributed by atoms with Gasteiger partial charge in [0.25, 0.3) is 0 Å². The monoisotopic (exact) mass is 361 g/mol. The summed E-state index contributed by atoms with van der Waals surface area (Å²) in [5.74, 6) is -1.95. The Morgan fingerprint density at radius 1 is 1.24 bits per heavy atom. The molecule has 1 atom stereocenters. The van der Waals surface area contributed by atoms with Crippen LogP contribution in [0, 0.1) is 5.92 Å². The number of nitrogens with one attached hydrogen (secondary N) is 1. The van der Waals surface area contributed by atoms with Crippen LogP contribution in [0.3, 0.4) is 0 Å². The van der Waals surface area contributed by atoms with Gasteiger partial charge in [0.2, 0.25) is 5.91 Å². The summed E-state index contributed by atoms with van der Waals surface area (Å²) in [5, 5.41) is 11.7. The summed E-state index contributed by atoms with van der Waals surface area (Å²) in [6.07, 6.45) is -5.10. The molecule has 25 heavy (non-hydrogen) atoms. The fraction of sp³-hybridized carbons (Fsp3) is 0.529. The molecule has 0 aliphatic heterocycles. The van der Waals surface area contributed by atoms with Crippen LogP contribution >= 0.6 is 0 Å². The van der Waals surface area contributed by atoms with Gasteiger partial charge in [-0.2, -0.15) is 0 Å². The van der Waals surface area contributed by atoms with Gasteiger partial charge in [-0.15, -0.1) is 13.2 Å². The fourth-order valence-corrected chi connectivity index (χ4v) is 2.27. The van der Waals surface area contributed by atoms with E-state index in [0.29, 0.717) is 0 Å². The van der Waals surface area contributed by atoms with E-state index in [1.54, 1.807) is 26.8 Å². The van der Waals surface area contributed by atoms with Gasteiger partial charge < -0.3 is 15.2 Å². The standard InChI is InChI=1S/C17H22F3NO4/c1-11(2)16(3,10-15(23)24)21-14(22)9-8-12-6-4-5-7-13(12)25-17(18,19)20/h4-7,11H,8-10H2,1-3H3,(H,21,22)(H,23,24). The van der Waals surface area contributed by atoms with Crippen LogP contribution in [0.25, 0.3) is 0 Å². The third-order valence-corrected chi connectivity index (χ3v) is 4.04. The van der Waals surface area contributed by atoms with Gasteiger partial charge in [-0.05, 0) is 30.9 Å².